The van der Waals surface area contributed by atoms with E-state index >= 15 is 0 Å². The lowest BCUT2D eigenvalue weighted by Crippen LogP contribution is -2.47. The summed E-state index contributed by atoms with van der Waals surface area (Å²) in [5.41, 5.74) is 13.4. The topological polar surface area (TPSA) is 135 Å². The van der Waals surface area contributed by atoms with E-state index in [4.69, 9.17) is 21.3 Å². The molecule has 0 spiro atoms. The third kappa shape index (κ3) is 7.22. The molecule has 3 aliphatic rings. The molecule has 2 fully saturated rings. The van der Waals surface area contributed by atoms with Crippen molar-refractivity contribution in [1.82, 2.24) is 24.5 Å². The third-order valence-corrected chi connectivity index (χ3v) is 9.24. The Labute approximate surface area is 264 Å². The van der Waals surface area contributed by atoms with E-state index in [0.29, 0.717) is 48.4 Å². The van der Waals surface area contributed by atoms with Gasteiger partial charge in [0.15, 0.2) is 0 Å². The number of nitrogens with zero attached hydrogens (tertiary/aromatic N) is 5. The summed E-state index contributed by atoms with van der Waals surface area (Å²) in [6.07, 6.45) is 6.42. The molecule has 0 bridgehead atoms. The number of fused-ring (bicyclic) bond motifs is 1. The highest BCUT2D eigenvalue weighted by molar-refractivity contribution is 6.03. The maximum Gasteiger partial charge on any atom is 0.254 e. The largest absolute Gasteiger partial charge is 0.457 e. The minimum absolute atomic E-state index is 0.0818. The van der Waals surface area contributed by atoms with Gasteiger partial charge in [-0.3, -0.25) is 19.4 Å². The Morgan fingerprint density at radius 1 is 0.911 bits per heavy atom. The predicted molar refractivity (Wildman–Crippen MR) is 175 cm³/mol. The summed E-state index contributed by atoms with van der Waals surface area (Å²) in [5.74, 6) is 2.06. The Hall–Kier alpha value is -4.19. The first-order valence-electron chi connectivity index (χ1n) is 16.1. The molecule has 238 valence electrons. The lowest BCUT2D eigenvalue weighted by atomic mass is 9.87. The standard InChI is InChI=1S/C34H44N8O3/c35-15-20-40-23-21-39(22-24-40)17-4-7-30(43)41-18-13-25(14-19-41)29-12-16-37-34-31(33(36)44)32(38-42(29)34)26-8-10-28(11-9-26)45-27-5-2-1-3-6-27/h1-11,25,29,37H,12-24,35H2,(H2,36,44)/b7-4+/t29-/m0/s1. The number of carbonyl (C=O) groups is 2. The highest BCUT2D eigenvalue weighted by Gasteiger charge is 2.35. The van der Waals surface area contributed by atoms with Crippen LogP contribution in [0.15, 0.2) is 66.7 Å². The fraction of sp³-hybridized carbons (Fsp3) is 0.441. The molecule has 0 radical (unpaired) electrons. The molecule has 0 unspecified atom stereocenters. The fourth-order valence-electron chi connectivity index (χ4n) is 6.77. The van der Waals surface area contributed by atoms with Crippen molar-refractivity contribution in [2.45, 2.75) is 25.3 Å². The van der Waals surface area contributed by atoms with Crippen LogP contribution in [0.2, 0.25) is 0 Å². The van der Waals surface area contributed by atoms with Crippen LogP contribution in [0.5, 0.6) is 11.5 Å². The molecular formula is C34H44N8O3. The van der Waals surface area contributed by atoms with Crippen LogP contribution in [0.25, 0.3) is 11.3 Å². The van der Waals surface area contributed by atoms with Crippen LogP contribution >= 0.6 is 0 Å². The Bertz CT molecular complexity index is 1470. The molecule has 5 N–H and O–H groups in total. The van der Waals surface area contributed by atoms with Crippen molar-refractivity contribution in [2.75, 3.05) is 70.8 Å². The number of hydrogen-bond acceptors (Lipinski definition) is 8. The van der Waals surface area contributed by atoms with E-state index in [1.165, 1.54) is 0 Å². The molecule has 4 heterocycles. The number of ether oxygens (including phenoxy) is 1. The van der Waals surface area contributed by atoms with Gasteiger partial charge in [-0.25, -0.2) is 4.68 Å². The molecular weight excluding hydrogens is 568 g/mol. The van der Waals surface area contributed by atoms with Gasteiger partial charge in [-0.15, -0.1) is 0 Å². The number of aromatic nitrogens is 2. The monoisotopic (exact) mass is 612 g/mol. The number of amides is 2. The molecule has 6 rings (SSSR count). The van der Waals surface area contributed by atoms with Crippen molar-refractivity contribution in [3.8, 4) is 22.8 Å². The molecule has 2 aromatic carbocycles. The second-order valence-corrected chi connectivity index (χ2v) is 12.1. The molecule has 11 nitrogen and oxygen atoms in total. The Morgan fingerprint density at radius 3 is 2.29 bits per heavy atom. The zero-order valence-corrected chi connectivity index (χ0v) is 25.8. The van der Waals surface area contributed by atoms with Gasteiger partial charge in [0.1, 0.15) is 28.6 Å². The zero-order chi connectivity index (χ0) is 31.2. The summed E-state index contributed by atoms with van der Waals surface area (Å²) in [7, 11) is 0. The van der Waals surface area contributed by atoms with Crippen molar-refractivity contribution in [1.29, 1.82) is 0 Å². The SMILES string of the molecule is NCCN1CCN(C/C=C/C(=O)N2CCC([C@@H]3CCNc4c(C(N)=O)c(-c5ccc(Oc6ccccc6)cc5)nn43)CC2)CC1. The van der Waals surface area contributed by atoms with E-state index in [9.17, 15) is 9.59 Å². The first-order chi connectivity index (χ1) is 22.0. The van der Waals surface area contributed by atoms with E-state index in [1.807, 2.05) is 70.3 Å². The number of nitrogens with one attached hydrogen (secondary N) is 1. The van der Waals surface area contributed by atoms with Gasteiger partial charge in [0, 0.05) is 77.1 Å². The van der Waals surface area contributed by atoms with Gasteiger partial charge in [0.2, 0.25) is 5.91 Å². The van der Waals surface area contributed by atoms with Gasteiger partial charge in [0.05, 0.1) is 6.04 Å². The van der Waals surface area contributed by atoms with Crippen molar-refractivity contribution in [2.24, 2.45) is 17.4 Å². The lowest BCUT2D eigenvalue weighted by Gasteiger charge is -2.38. The van der Waals surface area contributed by atoms with Crippen LogP contribution in [0.1, 0.15) is 35.7 Å². The van der Waals surface area contributed by atoms with Crippen LogP contribution in [0, 0.1) is 5.92 Å². The minimum atomic E-state index is -0.506. The third-order valence-electron chi connectivity index (χ3n) is 9.24. The molecule has 11 heteroatoms. The highest BCUT2D eigenvalue weighted by atomic mass is 16.5. The van der Waals surface area contributed by atoms with Crippen LogP contribution in [0.4, 0.5) is 5.82 Å². The zero-order valence-electron chi connectivity index (χ0n) is 25.8. The molecule has 2 amide bonds. The summed E-state index contributed by atoms with van der Waals surface area (Å²) >= 11 is 0. The fourth-order valence-corrected chi connectivity index (χ4v) is 6.77. The summed E-state index contributed by atoms with van der Waals surface area (Å²) in [4.78, 5) is 32.4. The molecule has 2 saturated heterocycles. The Kier molecular flexibility index (Phi) is 9.78. The van der Waals surface area contributed by atoms with Crippen molar-refractivity contribution in [3.63, 3.8) is 0 Å². The number of anilines is 1. The van der Waals surface area contributed by atoms with Crippen LogP contribution < -0.4 is 21.5 Å². The number of para-hydroxylation sites is 1. The summed E-state index contributed by atoms with van der Waals surface area (Å²) in [5, 5.41) is 8.36. The molecule has 0 saturated carbocycles. The highest BCUT2D eigenvalue weighted by Crippen LogP contribution is 2.40. The number of carbonyl (C=O) groups excluding carboxylic acids is 2. The first kappa shape index (κ1) is 30.8. The number of nitrogens with two attached hydrogens (primary N) is 2. The Balaban J connectivity index is 1.08. The molecule has 1 atom stereocenters. The predicted octanol–water partition coefficient (Wildman–Crippen LogP) is 3.17. The van der Waals surface area contributed by atoms with E-state index in [1.54, 1.807) is 6.08 Å². The van der Waals surface area contributed by atoms with Crippen LogP contribution in [-0.4, -0.2) is 102 Å². The average Bonchev–Trinajstić information content (AvgIpc) is 3.47. The minimum Gasteiger partial charge on any atom is -0.457 e. The molecule has 0 aliphatic carbocycles. The lowest BCUT2D eigenvalue weighted by molar-refractivity contribution is -0.127. The van der Waals surface area contributed by atoms with Gasteiger partial charge in [-0.05, 0) is 61.6 Å². The maximum absolute atomic E-state index is 13.0. The molecule has 45 heavy (non-hydrogen) atoms. The van der Waals surface area contributed by atoms with Gasteiger partial charge >= 0.3 is 0 Å². The maximum atomic E-state index is 13.0. The number of primary amides is 1. The smallest absolute Gasteiger partial charge is 0.254 e. The van der Waals surface area contributed by atoms with E-state index in [-0.39, 0.29) is 11.9 Å². The van der Waals surface area contributed by atoms with E-state index in [2.05, 4.69) is 15.1 Å². The quantitative estimate of drug-likeness (QED) is 0.297. The van der Waals surface area contributed by atoms with Gasteiger partial charge in [0.25, 0.3) is 5.91 Å². The molecule has 3 aliphatic heterocycles. The second-order valence-electron chi connectivity index (χ2n) is 12.1. The summed E-state index contributed by atoms with van der Waals surface area (Å²) in [6.45, 7) is 8.66. The number of piperidine rings is 1. The van der Waals surface area contributed by atoms with Crippen LogP contribution in [-0.2, 0) is 4.79 Å². The Morgan fingerprint density at radius 2 is 1.60 bits per heavy atom. The van der Waals surface area contributed by atoms with Crippen molar-refractivity contribution >= 4 is 17.6 Å². The van der Waals surface area contributed by atoms with Gasteiger partial charge in [-0.2, -0.15) is 5.10 Å². The number of likely N-dealkylation sites (tertiary alicyclic amines) is 1. The molecule has 3 aromatic rings. The van der Waals surface area contributed by atoms with Crippen molar-refractivity contribution in [3.05, 3.63) is 72.3 Å². The van der Waals surface area contributed by atoms with Crippen molar-refractivity contribution < 1.29 is 14.3 Å². The van der Waals surface area contributed by atoms with Gasteiger partial charge < -0.3 is 26.4 Å². The normalized spacial score (nSPS) is 19.8. The van der Waals surface area contributed by atoms with E-state index < -0.39 is 5.91 Å². The average molecular weight is 613 g/mol. The summed E-state index contributed by atoms with van der Waals surface area (Å²) < 4.78 is 7.92. The van der Waals surface area contributed by atoms with E-state index in [0.717, 1.165) is 76.4 Å². The second kappa shape index (κ2) is 14.3. The first-order valence-corrected chi connectivity index (χ1v) is 16.1. The summed E-state index contributed by atoms with van der Waals surface area (Å²) in [6, 6.07) is 17.3. The number of rotatable bonds is 10. The number of piperazine rings is 1. The van der Waals surface area contributed by atoms with Gasteiger partial charge in [-0.1, -0.05) is 24.3 Å². The number of benzene rings is 2. The number of hydrogen-bond donors (Lipinski definition) is 3. The van der Waals surface area contributed by atoms with Crippen LogP contribution in [0.3, 0.4) is 0 Å². The molecule has 1 aromatic heterocycles.